The number of rotatable bonds is 2. The number of fused-ring (bicyclic) bond motifs is 1. The minimum Gasteiger partial charge on any atom is -0.445 e. The maximum atomic E-state index is 12.4. The third-order valence-electron chi connectivity index (χ3n) is 5.41. The molecule has 0 aliphatic carbocycles. The molecule has 7 heteroatoms. The van der Waals surface area contributed by atoms with Gasteiger partial charge in [-0.15, -0.1) is 0 Å². The number of amides is 1. The van der Waals surface area contributed by atoms with Gasteiger partial charge in [-0.2, -0.15) is 5.10 Å². The summed E-state index contributed by atoms with van der Waals surface area (Å²) < 4.78 is 7.82. The Morgan fingerprint density at radius 3 is 2.65 bits per heavy atom. The predicted molar refractivity (Wildman–Crippen MR) is 98.7 cm³/mol. The van der Waals surface area contributed by atoms with Crippen molar-refractivity contribution in [3.63, 3.8) is 0 Å². The molecule has 6 nitrogen and oxygen atoms in total. The van der Waals surface area contributed by atoms with E-state index < -0.39 is 0 Å². The number of ether oxygens (including phenoxy) is 1. The summed E-state index contributed by atoms with van der Waals surface area (Å²) in [7, 11) is 0. The van der Waals surface area contributed by atoms with E-state index in [2.05, 4.69) is 21.0 Å². The fourth-order valence-electron chi connectivity index (χ4n) is 3.87. The number of aromatic nitrogens is 2. The van der Waals surface area contributed by atoms with Crippen LogP contribution >= 0.6 is 15.9 Å². The molecule has 26 heavy (non-hydrogen) atoms. The number of carbonyl (C=O) groups is 2. The summed E-state index contributed by atoms with van der Waals surface area (Å²) in [6.45, 7) is 1.52. The molecule has 0 radical (unpaired) electrons. The standard InChI is InChI=1S/C19H20BrN3O3/c20-15-12-21-23-16(15)10-19(11-17(23)24)6-8-22(9-7-19)18(25)26-13-14-4-2-1-3-5-14/h1-5,12H,6-11,13H2. The van der Waals surface area contributed by atoms with Crippen LogP contribution in [0.15, 0.2) is 41.0 Å². The Bertz CT molecular complexity index is 826. The molecule has 0 saturated carbocycles. The van der Waals surface area contributed by atoms with Gasteiger partial charge in [0.15, 0.2) is 0 Å². The molecule has 1 amide bonds. The Morgan fingerprint density at radius 2 is 1.92 bits per heavy atom. The van der Waals surface area contributed by atoms with Crippen LogP contribution in [0.5, 0.6) is 0 Å². The zero-order valence-corrected chi connectivity index (χ0v) is 15.9. The van der Waals surface area contributed by atoms with E-state index in [0.29, 0.717) is 19.5 Å². The van der Waals surface area contributed by atoms with Crippen molar-refractivity contribution in [2.75, 3.05) is 13.1 Å². The molecular weight excluding hydrogens is 398 g/mol. The van der Waals surface area contributed by atoms with E-state index >= 15 is 0 Å². The maximum absolute atomic E-state index is 12.4. The molecule has 1 fully saturated rings. The van der Waals surface area contributed by atoms with Crippen LogP contribution in [-0.2, 0) is 17.8 Å². The van der Waals surface area contributed by atoms with Crippen LogP contribution in [0.4, 0.5) is 4.79 Å². The topological polar surface area (TPSA) is 64.4 Å². The van der Waals surface area contributed by atoms with E-state index in [0.717, 1.165) is 35.0 Å². The average molecular weight is 418 g/mol. The highest BCUT2D eigenvalue weighted by molar-refractivity contribution is 9.10. The quantitative estimate of drug-likeness (QED) is 0.747. The Balaban J connectivity index is 1.36. The molecule has 136 valence electrons. The molecular formula is C19H20BrN3O3. The van der Waals surface area contributed by atoms with Crippen molar-refractivity contribution in [2.45, 2.75) is 32.3 Å². The van der Waals surface area contributed by atoms with Gasteiger partial charge in [0.1, 0.15) is 6.61 Å². The number of likely N-dealkylation sites (tertiary alicyclic amines) is 1. The highest BCUT2D eigenvalue weighted by Gasteiger charge is 2.43. The monoisotopic (exact) mass is 417 g/mol. The van der Waals surface area contributed by atoms with E-state index in [9.17, 15) is 9.59 Å². The van der Waals surface area contributed by atoms with Crippen LogP contribution in [0.2, 0.25) is 0 Å². The van der Waals surface area contributed by atoms with Crippen molar-refractivity contribution in [3.8, 4) is 0 Å². The highest BCUT2D eigenvalue weighted by atomic mass is 79.9. The normalized spacial score (nSPS) is 18.7. The first kappa shape index (κ1) is 17.3. The summed E-state index contributed by atoms with van der Waals surface area (Å²) in [5.74, 6) is 0.0389. The molecule has 0 atom stereocenters. The van der Waals surface area contributed by atoms with Crippen LogP contribution < -0.4 is 0 Å². The average Bonchev–Trinajstić information content (AvgIpc) is 3.02. The van der Waals surface area contributed by atoms with Crippen LogP contribution in [0.1, 0.15) is 35.3 Å². The number of halogens is 1. The zero-order valence-electron chi connectivity index (χ0n) is 14.4. The van der Waals surface area contributed by atoms with E-state index in [-0.39, 0.29) is 24.0 Å². The van der Waals surface area contributed by atoms with Crippen molar-refractivity contribution < 1.29 is 14.3 Å². The van der Waals surface area contributed by atoms with Crippen molar-refractivity contribution in [3.05, 3.63) is 52.3 Å². The lowest BCUT2D eigenvalue weighted by Crippen LogP contribution is -2.47. The largest absolute Gasteiger partial charge is 0.445 e. The molecule has 2 aliphatic rings. The SMILES string of the molecule is O=C(OCc1ccccc1)N1CCC2(CC1)CC(=O)n1ncc(Br)c1C2. The fourth-order valence-corrected chi connectivity index (χ4v) is 4.27. The van der Waals surface area contributed by atoms with Crippen LogP contribution in [-0.4, -0.2) is 39.8 Å². The molecule has 0 unspecified atom stereocenters. The Hall–Kier alpha value is -2.15. The molecule has 4 rings (SSSR count). The smallest absolute Gasteiger partial charge is 0.410 e. The summed E-state index contributed by atoms with van der Waals surface area (Å²) in [6, 6.07) is 9.67. The Morgan fingerprint density at radius 1 is 1.19 bits per heavy atom. The Labute approximate surface area is 160 Å². The van der Waals surface area contributed by atoms with Gasteiger partial charge in [0.2, 0.25) is 5.91 Å². The van der Waals surface area contributed by atoms with Gasteiger partial charge < -0.3 is 9.64 Å². The lowest BCUT2D eigenvalue weighted by Gasteiger charge is -2.43. The van der Waals surface area contributed by atoms with Crippen molar-refractivity contribution in [1.82, 2.24) is 14.7 Å². The Kier molecular flexibility index (Phi) is 4.56. The third-order valence-corrected chi connectivity index (χ3v) is 6.07. The number of hydrogen-bond donors (Lipinski definition) is 0. The minimum atomic E-state index is -0.280. The van der Waals surface area contributed by atoms with Crippen LogP contribution in [0, 0.1) is 5.41 Å². The molecule has 2 aromatic rings. The zero-order chi connectivity index (χ0) is 18.1. The van der Waals surface area contributed by atoms with Crippen LogP contribution in [0.25, 0.3) is 0 Å². The molecule has 1 saturated heterocycles. The van der Waals surface area contributed by atoms with E-state index in [1.807, 2.05) is 30.3 Å². The number of hydrogen-bond acceptors (Lipinski definition) is 4. The highest BCUT2D eigenvalue weighted by Crippen LogP contribution is 2.43. The summed E-state index contributed by atoms with van der Waals surface area (Å²) in [5.41, 5.74) is 1.85. The molecule has 1 aromatic heterocycles. The van der Waals surface area contributed by atoms with E-state index in [1.165, 1.54) is 4.68 Å². The number of nitrogens with zero attached hydrogens (tertiary/aromatic N) is 3. The molecule has 1 spiro atoms. The molecule has 0 N–H and O–H groups in total. The van der Waals surface area contributed by atoms with Crippen molar-refractivity contribution >= 4 is 27.9 Å². The molecule has 3 heterocycles. The maximum Gasteiger partial charge on any atom is 0.410 e. The number of piperidine rings is 1. The number of benzene rings is 1. The second-order valence-electron chi connectivity index (χ2n) is 7.13. The van der Waals surface area contributed by atoms with E-state index in [4.69, 9.17) is 4.74 Å². The molecule has 0 bridgehead atoms. The third kappa shape index (κ3) is 3.28. The second kappa shape index (κ2) is 6.87. The van der Waals surface area contributed by atoms with E-state index in [1.54, 1.807) is 11.1 Å². The van der Waals surface area contributed by atoms with Crippen molar-refractivity contribution in [1.29, 1.82) is 0 Å². The van der Waals surface area contributed by atoms with Crippen molar-refractivity contribution in [2.24, 2.45) is 5.41 Å². The minimum absolute atomic E-state index is 0.0389. The van der Waals surface area contributed by atoms with Gasteiger partial charge in [0.25, 0.3) is 0 Å². The van der Waals surface area contributed by atoms with Gasteiger partial charge in [0, 0.05) is 19.5 Å². The predicted octanol–water partition coefficient (Wildman–Crippen LogP) is 3.65. The summed E-state index contributed by atoms with van der Waals surface area (Å²) in [5, 5.41) is 4.15. The number of carbonyl (C=O) groups excluding carboxylic acids is 2. The molecule has 1 aromatic carbocycles. The first-order valence-corrected chi connectivity index (χ1v) is 9.57. The van der Waals surface area contributed by atoms with Crippen LogP contribution in [0.3, 0.4) is 0 Å². The van der Waals surface area contributed by atoms with Gasteiger partial charge in [-0.05, 0) is 46.2 Å². The summed E-state index contributed by atoms with van der Waals surface area (Å²) in [6.07, 6.45) is 4.31. The van der Waals surface area contributed by atoms with Gasteiger partial charge in [0.05, 0.1) is 16.4 Å². The second-order valence-corrected chi connectivity index (χ2v) is 7.98. The lowest BCUT2D eigenvalue weighted by molar-refractivity contribution is 0.0450. The summed E-state index contributed by atoms with van der Waals surface area (Å²) in [4.78, 5) is 26.5. The lowest BCUT2D eigenvalue weighted by atomic mass is 9.71. The first-order valence-electron chi connectivity index (χ1n) is 8.78. The fraction of sp³-hybridized carbons (Fsp3) is 0.421. The van der Waals surface area contributed by atoms with Gasteiger partial charge in [-0.1, -0.05) is 30.3 Å². The molecule has 2 aliphatic heterocycles. The van der Waals surface area contributed by atoms with Gasteiger partial charge >= 0.3 is 6.09 Å². The van der Waals surface area contributed by atoms with Gasteiger partial charge in [-0.25, -0.2) is 9.48 Å². The first-order chi connectivity index (χ1) is 12.6. The summed E-state index contributed by atoms with van der Waals surface area (Å²) >= 11 is 3.49. The van der Waals surface area contributed by atoms with Gasteiger partial charge in [-0.3, -0.25) is 4.79 Å².